The van der Waals surface area contributed by atoms with Crippen LogP contribution in [0.15, 0.2) is 40.2 Å². The van der Waals surface area contributed by atoms with Crippen LogP contribution >= 0.6 is 27.3 Å². The van der Waals surface area contributed by atoms with Crippen molar-refractivity contribution in [3.63, 3.8) is 0 Å². The zero-order valence-electron chi connectivity index (χ0n) is 9.20. The van der Waals surface area contributed by atoms with Crippen molar-refractivity contribution in [1.29, 1.82) is 0 Å². The van der Waals surface area contributed by atoms with Gasteiger partial charge in [0.25, 0.3) is 0 Å². The fraction of sp³-hybridized carbons (Fsp3) is 0.231. The van der Waals surface area contributed by atoms with E-state index in [-0.39, 0.29) is 11.9 Å². The van der Waals surface area contributed by atoms with Crippen molar-refractivity contribution in [3.8, 4) is 0 Å². The van der Waals surface area contributed by atoms with Crippen molar-refractivity contribution < 1.29 is 4.39 Å². The highest BCUT2D eigenvalue weighted by molar-refractivity contribution is 9.11. The van der Waals surface area contributed by atoms with Gasteiger partial charge in [0.2, 0.25) is 0 Å². The number of hydrogen-bond donors (Lipinski definition) is 1. The molecule has 0 saturated carbocycles. The third-order valence-corrected chi connectivity index (χ3v) is 4.18. The Morgan fingerprint density at radius 3 is 2.59 bits per heavy atom. The minimum Gasteiger partial charge on any atom is -0.327 e. The lowest BCUT2D eigenvalue weighted by Crippen LogP contribution is -2.25. The van der Waals surface area contributed by atoms with Crippen molar-refractivity contribution >= 4 is 27.3 Å². The molecule has 1 heterocycles. The van der Waals surface area contributed by atoms with Gasteiger partial charge in [0.1, 0.15) is 5.82 Å². The number of nitrogens with two attached hydrogens (primary N) is 1. The van der Waals surface area contributed by atoms with Gasteiger partial charge in [-0.3, -0.25) is 0 Å². The van der Waals surface area contributed by atoms with Crippen LogP contribution < -0.4 is 5.73 Å². The summed E-state index contributed by atoms with van der Waals surface area (Å²) in [7, 11) is 0. The van der Waals surface area contributed by atoms with Gasteiger partial charge in [-0.25, -0.2) is 4.39 Å². The van der Waals surface area contributed by atoms with E-state index < -0.39 is 0 Å². The SMILES string of the molecule is NC(Cc1ccc(Br)s1)Cc1ccccc1F. The fourth-order valence-corrected chi connectivity index (χ4v) is 3.31. The molecule has 0 radical (unpaired) electrons. The molecule has 2 rings (SSSR count). The summed E-state index contributed by atoms with van der Waals surface area (Å²) in [4.78, 5) is 1.22. The lowest BCUT2D eigenvalue weighted by atomic mass is 10.0. The standard InChI is InChI=1S/C13H13BrFNS/c14-13-6-5-11(17-13)8-10(16)7-9-3-1-2-4-12(9)15/h1-6,10H,7-8,16H2. The first-order valence-electron chi connectivity index (χ1n) is 5.38. The Balaban J connectivity index is 1.98. The van der Waals surface area contributed by atoms with Crippen molar-refractivity contribution in [1.82, 2.24) is 0 Å². The van der Waals surface area contributed by atoms with E-state index in [4.69, 9.17) is 5.73 Å². The Hall–Kier alpha value is -0.710. The summed E-state index contributed by atoms with van der Waals surface area (Å²) in [6.45, 7) is 0. The number of thiophene rings is 1. The molecular formula is C13H13BrFNS. The summed E-state index contributed by atoms with van der Waals surface area (Å²) >= 11 is 5.09. The predicted octanol–water partition coefficient (Wildman–Crippen LogP) is 3.76. The summed E-state index contributed by atoms with van der Waals surface area (Å²) in [6, 6.07) is 10.8. The van der Waals surface area contributed by atoms with Gasteiger partial charge in [-0.2, -0.15) is 0 Å². The highest BCUT2D eigenvalue weighted by Gasteiger charge is 2.09. The molecule has 0 bridgehead atoms. The van der Waals surface area contributed by atoms with Gasteiger partial charge in [0.15, 0.2) is 0 Å². The van der Waals surface area contributed by atoms with Crippen molar-refractivity contribution in [2.45, 2.75) is 18.9 Å². The van der Waals surface area contributed by atoms with Crippen LogP contribution in [-0.2, 0) is 12.8 Å². The molecule has 90 valence electrons. The van der Waals surface area contributed by atoms with E-state index in [0.29, 0.717) is 12.0 Å². The topological polar surface area (TPSA) is 26.0 Å². The van der Waals surface area contributed by atoms with Crippen LogP contribution in [0.3, 0.4) is 0 Å². The van der Waals surface area contributed by atoms with Crippen LogP contribution in [0, 0.1) is 5.82 Å². The Morgan fingerprint density at radius 1 is 1.18 bits per heavy atom. The van der Waals surface area contributed by atoms with Crippen LogP contribution in [0.25, 0.3) is 0 Å². The van der Waals surface area contributed by atoms with Crippen LogP contribution in [0.2, 0.25) is 0 Å². The maximum Gasteiger partial charge on any atom is 0.126 e. The molecule has 0 saturated heterocycles. The fourth-order valence-electron chi connectivity index (χ4n) is 1.74. The number of benzene rings is 1. The highest BCUT2D eigenvalue weighted by atomic mass is 79.9. The Morgan fingerprint density at radius 2 is 1.94 bits per heavy atom. The van der Waals surface area contributed by atoms with Gasteiger partial charge in [-0.1, -0.05) is 18.2 Å². The third-order valence-electron chi connectivity index (χ3n) is 2.53. The molecule has 0 fully saturated rings. The van der Waals surface area contributed by atoms with Gasteiger partial charge in [0, 0.05) is 10.9 Å². The van der Waals surface area contributed by atoms with E-state index in [9.17, 15) is 4.39 Å². The maximum absolute atomic E-state index is 13.4. The minimum absolute atomic E-state index is 0.0440. The van der Waals surface area contributed by atoms with E-state index in [1.807, 2.05) is 12.1 Å². The first-order chi connectivity index (χ1) is 8.15. The largest absolute Gasteiger partial charge is 0.327 e. The van der Waals surface area contributed by atoms with Crippen LogP contribution in [0.4, 0.5) is 4.39 Å². The second-order valence-electron chi connectivity index (χ2n) is 3.97. The molecule has 2 aromatic rings. The van der Waals surface area contributed by atoms with Gasteiger partial charge in [0.05, 0.1) is 3.79 Å². The molecule has 4 heteroatoms. The second-order valence-corrected chi connectivity index (χ2v) is 6.51. The molecule has 17 heavy (non-hydrogen) atoms. The summed E-state index contributed by atoms with van der Waals surface area (Å²) < 4.78 is 14.5. The third kappa shape index (κ3) is 3.63. The molecule has 1 aromatic carbocycles. The van der Waals surface area contributed by atoms with E-state index in [0.717, 1.165) is 10.2 Å². The Kier molecular flexibility index (Phi) is 4.31. The zero-order valence-corrected chi connectivity index (χ0v) is 11.6. The normalized spacial score (nSPS) is 12.6. The van der Waals surface area contributed by atoms with Crippen LogP contribution in [-0.4, -0.2) is 6.04 Å². The molecule has 1 atom stereocenters. The molecule has 0 spiro atoms. The van der Waals surface area contributed by atoms with Crippen LogP contribution in [0.5, 0.6) is 0 Å². The number of halogens is 2. The predicted molar refractivity (Wildman–Crippen MR) is 73.8 cm³/mol. The first-order valence-corrected chi connectivity index (χ1v) is 6.99. The van der Waals surface area contributed by atoms with E-state index in [2.05, 4.69) is 22.0 Å². The smallest absolute Gasteiger partial charge is 0.126 e. The van der Waals surface area contributed by atoms with Crippen molar-refractivity contribution in [2.24, 2.45) is 5.73 Å². The van der Waals surface area contributed by atoms with Crippen molar-refractivity contribution in [2.75, 3.05) is 0 Å². The summed E-state index contributed by atoms with van der Waals surface area (Å²) in [5.74, 6) is -0.171. The molecule has 0 aliphatic heterocycles. The molecule has 0 aliphatic rings. The van der Waals surface area contributed by atoms with Gasteiger partial charge < -0.3 is 5.73 Å². The lowest BCUT2D eigenvalue weighted by Gasteiger charge is -2.10. The molecule has 1 nitrogen and oxygen atoms in total. The Bertz CT molecular complexity index is 498. The van der Waals surface area contributed by atoms with Crippen LogP contribution in [0.1, 0.15) is 10.4 Å². The molecule has 1 aromatic heterocycles. The minimum atomic E-state index is -0.171. The summed E-state index contributed by atoms with van der Waals surface area (Å²) in [5.41, 5.74) is 6.73. The molecular weight excluding hydrogens is 301 g/mol. The van der Waals surface area contributed by atoms with E-state index in [1.165, 1.54) is 10.9 Å². The summed E-state index contributed by atoms with van der Waals surface area (Å²) in [6.07, 6.45) is 1.35. The molecule has 0 aliphatic carbocycles. The number of rotatable bonds is 4. The van der Waals surface area contributed by atoms with Gasteiger partial charge in [-0.05, 0) is 52.5 Å². The monoisotopic (exact) mass is 313 g/mol. The molecule has 2 N–H and O–H groups in total. The maximum atomic E-state index is 13.4. The molecule has 0 amide bonds. The second kappa shape index (κ2) is 5.76. The lowest BCUT2D eigenvalue weighted by molar-refractivity contribution is 0.585. The quantitative estimate of drug-likeness (QED) is 0.913. The average Bonchev–Trinajstić information content (AvgIpc) is 2.67. The average molecular weight is 314 g/mol. The summed E-state index contributed by atoms with van der Waals surface area (Å²) in [5, 5.41) is 0. The van der Waals surface area contributed by atoms with Gasteiger partial charge >= 0.3 is 0 Å². The highest BCUT2D eigenvalue weighted by Crippen LogP contribution is 2.23. The van der Waals surface area contributed by atoms with E-state index in [1.54, 1.807) is 23.5 Å². The Labute approximate surface area is 113 Å². The van der Waals surface area contributed by atoms with E-state index >= 15 is 0 Å². The number of hydrogen-bond acceptors (Lipinski definition) is 2. The van der Waals surface area contributed by atoms with Crippen molar-refractivity contribution in [3.05, 3.63) is 56.4 Å². The van der Waals surface area contributed by atoms with Gasteiger partial charge in [-0.15, -0.1) is 11.3 Å². The first kappa shape index (κ1) is 12.7. The zero-order chi connectivity index (χ0) is 12.3. The molecule has 1 unspecified atom stereocenters.